The molecule has 110 valence electrons. The van der Waals surface area contributed by atoms with E-state index >= 15 is 0 Å². The lowest BCUT2D eigenvalue weighted by molar-refractivity contribution is 0.102. The van der Waals surface area contributed by atoms with Crippen LogP contribution in [-0.2, 0) is 0 Å². The highest BCUT2D eigenvalue weighted by atomic mass is 16.1. The Hall–Kier alpha value is -2.60. The Labute approximate surface area is 123 Å². The molecule has 1 aromatic carbocycles. The summed E-state index contributed by atoms with van der Waals surface area (Å²) in [5.41, 5.74) is 5.37. The van der Waals surface area contributed by atoms with Crippen molar-refractivity contribution in [3.63, 3.8) is 0 Å². The Bertz CT molecular complexity index is 654. The predicted octanol–water partition coefficient (Wildman–Crippen LogP) is 1.99. The number of carbonyl (C=O) groups excluding carboxylic acids is 1. The van der Waals surface area contributed by atoms with Crippen LogP contribution in [0.4, 0.5) is 17.2 Å². The molecule has 1 aromatic heterocycles. The van der Waals surface area contributed by atoms with Crippen LogP contribution in [0.25, 0.3) is 0 Å². The first-order valence-electron chi connectivity index (χ1n) is 6.54. The maximum Gasteiger partial charge on any atom is 0.255 e. The zero-order chi connectivity index (χ0) is 15.4. The standard InChI is InChI=1S/C15H19N5O/c1-10-8-11(9-14(17-10)19-16)15(21)18-12-6-4-5-7-13(12)20(2)3/h4-9H,16H2,1-3H3,(H,17,19)(H,18,21). The van der Waals surface area contributed by atoms with Gasteiger partial charge in [-0.05, 0) is 31.2 Å². The third kappa shape index (κ3) is 3.49. The van der Waals surface area contributed by atoms with Gasteiger partial charge in [-0.1, -0.05) is 12.1 Å². The number of nitrogens with zero attached hydrogens (tertiary/aromatic N) is 2. The molecule has 21 heavy (non-hydrogen) atoms. The summed E-state index contributed by atoms with van der Waals surface area (Å²) in [4.78, 5) is 18.5. The van der Waals surface area contributed by atoms with Crippen molar-refractivity contribution in [2.45, 2.75) is 6.92 Å². The van der Waals surface area contributed by atoms with Gasteiger partial charge in [-0.25, -0.2) is 10.8 Å². The quantitative estimate of drug-likeness (QED) is 0.591. The molecule has 2 rings (SSSR count). The van der Waals surface area contributed by atoms with E-state index in [1.165, 1.54) is 0 Å². The second-order valence-corrected chi connectivity index (χ2v) is 4.89. The fourth-order valence-electron chi connectivity index (χ4n) is 2.04. The molecule has 0 bridgehead atoms. The van der Waals surface area contributed by atoms with Crippen LogP contribution in [0.1, 0.15) is 16.1 Å². The number of pyridine rings is 1. The molecule has 2 aromatic rings. The molecule has 0 atom stereocenters. The van der Waals surface area contributed by atoms with E-state index in [1.54, 1.807) is 12.1 Å². The molecule has 1 heterocycles. The third-order valence-electron chi connectivity index (χ3n) is 3.00. The van der Waals surface area contributed by atoms with Gasteiger partial charge in [0.15, 0.2) is 0 Å². The fraction of sp³-hybridized carbons (Fsp3) is 0.200. The van der Waals surface area contributed by atoms with Crippen LogP contribution in [-0.4, -0.2) is 25.0 Å². The molecular weight excluding hydrogens is 266 g/mol. The number of hydrogen-bond acceptors (Lipinski definition) is 5. The molecule has 0 aliphatic carbocycles. The fourth-order valence-corrected chi connectivity index (χ4v) is 2.04. The first-order valence-corrected chi connectivity index (χ1v) is 6.54. The molecule has 4 N–H and O–H groups in total. The molecule has 1 amide bonds. The lowest BCUT2D eigenvalue weighted by Crippen LogP contribution is -2.18. The maximum atomic E-state index is 12.4. The lowest BCUT2D eigenvalue weighted by Gasteiger charge is -2.17. The van der Waals surface area contributed by atoms with Gasteiger partial charge in [0.2, 0.25) is 0 Å². The van der Waals surface area contributed by atoms with Crippen LogP contribution in [0.15, 0.2) is 36.4 Å². The van der Waals surface area contributed by atoms with Crippen molar-refractivity contribution in [3.05, 3.63) is 47.7 Å². The Morgan fingerprint density at radius 1 is 1.24 bits per heavy atom. The summed E-state index contributed by atoms with van der Waals surface area (Å²) >= 11 is 0. The van der Waals surface area contributed by atoms with E-state index in [4.69, 9.17) is 5.84 Å². The largest absolute Gasteiger partial charge is 0.376 e. The van der Waals surface area contributed by atoms with E-state index in [1.807, 2.05) is 50.2 Å². The zero-order valence-electron chi connectivity index (χ0n) is 12.3. The van der Waals surface area contributed by atoms with Gasteiger partial charge in [0.05, 0.1) is 11.4 Å². The maximum absolute atomic E-state index is 12.4. The minimum atomic E-state index is -0.203. The van der Waals surface area contributed by atoms with Gasteiger partial charge < -0.3 is 15.6 Å². The summed E-state index contributed by atoms with van der Waals surface area (Å²) in [6.07, 6.45) is 0. The van der Waals surface area contributed by atoms with Crippen LogP contribution < -0.4 is 21.5 Å². The van der Waals surface area contributed by atoms with Gasteiger partial charge in [-0.2, -0.15) is 0 Å². The minimum Gasteiger partial charge on any atom is -0.376 e. The topological polar surface area (TPSA) is 83.3 Å². The van der Waals surface area contributed by atoms with E-state index in [9.17, 15) is 4.79 Å². The van der Waals surface area contributed by atoms with Crippen molar-refractivity contribution in [2.24, 2.45) is 5.84 Å². The van der Waals surface area contributed by atoms with Crippen LogP contribution in [0.3, 0.4) is 0 Å². The van der Waals surface area contributed by atoms with Gasteiger partial charge in [0.25, 0.3) is 5.91 Å². The second-order valence-electron chi connectivity index (χ2n) is 4.89. The van der Waals surface area contributed by atoms with Crippen LogP contribution in [0.2, 0.25) is 0 Å². The van der Waals surface area contributed by atoms with Crippen molar-refractivity contribution in [1.82, 2.24) is 4.98 Å². The number of amides is 1. The average molecular weight is 285 g/mol. The van der Waals surface area contributed by atoms with E-state index in [0.717, 1.165) is 17.1 Å². The number of hydrazine groups is 1. The highest BCUT2D eigenvalue weighted by molar-refractivity contribution is 6.06. The summed E-state index contributed by atoms with van der Waals surface area (Å²) in [6, 6.07) is 10.9. The third-order valence-corrected chi connectivity index (χ3v) is 3.00. The number of carbonyl (C=O) groups is 1. The number of benzene rings is 1. The molecule has 0 saturated carbocycles. The highest BCUT2D eigenvalue weighted by Gasteiger charge is 2.11. The number of aryl methyl sites for hydroxylation is 1. The van der Waals surface area contributed by atoms with Crippen molar-refractivity contribution in [1.29, 1.82) is 0 Å². The second kappa shape index (κ2) is 6.23. The molecule has 0 radical (unpaired) electrons. The number of hydrogen-bond donors (Lipinski definition) is 3. The Balaban J connectivity index is 2.28. The first-order chi connectivity index (χ1) is 10.0. The SMILES string of the molecule is Cc1cc(C(=O)Nc2ccccc2N(C)C)cc(NN)n1. The smallest absolute Gasteiger partial charge is 0.255 e. The highest BCUT2D eigenvalue weighted by Crippen LogP contribution is 2.24. The molecule has 0 unspecified atom stereocenters. The van der Waals surface area contributed by atoms with Crippen molar-refractivity contribution < 1.29 is 4.79 Å². The molecule has 0 fully saturated rings. The Morgan fingerprint density at radius 2 is 1.95 bits per heavy atom. The molecule has 6 nitrogen and oxygen atoms in total. The average Bonchev–Trinajstić information content (AvgIpc) is 2.46. The minimum absolute atomic E-state index is 0.203. The Morgan fingerprint density at radius 3 is 2.62 bits per heavy atom. The van der Waals surface area contributed by atoms with E-state index in [-0.39, 0.29) is 5.91 Å². The monoisotopic (exact) mass is 285 g/mol. The molecule has 0 saturated heterocycles. The van der Waals surface area contributed by atoms with Gasteiger partial charge in [-0.15, -0.1) is 0 Å². The van der Waals surface area contributed by atoms with Gasteiger partial charge in [0, 0.05) is 25.4 Å². The molecule has 0 aliphatic rings. The van der Waals surface area contributed by atoms with Crippen molar-refractivity contribution in [2.75, 3.05) is 29.7 Å². The van der Waals surface area contributed by atoms with Crippen molar-refractivity contribution >= 4 is 23.1 Å². The van der Waals surface area contributed by atoms with Crippen LogP contribution in [0, 0.1) is 6.92 Å². The number of nitrogens with one attached hydrogen (secondary N) is 2. The molecular formula is C15H19N5O. The summed E-state index contributed by atoms with van der Waals surface area (Å²) in [6.45, 7) is 1.81. The number of para-hydroxylation sites is 2. The number of nitrogen functional groups attached to an aromatic ring is 1. The van der Waals surface area contributed by atoms with Gasteiger partial charge >= 0.3 is 0 Å². The zero-order valence-corrected chi connectivity index (χ0v) is 12.3. The predicted molar refractivity (Wildman–Crippen MR) is 85.5 cm³/mol. The summed E-state index contributed by atoms with van der Waals surface area (Å²) in [7, 11) is 3.86. The normalized spacial score (nSPS) is 10.1. The number of nitrogens with two attached hydrogens (primary N) is 1. The van der Waals surface area contributed by atoms with E-state index in [0.29, 0.717) is 11.4 Å². The summed E-state index contributed by atoms with van der Waals surface area (Å²) < 4.78 is 0. The van der Waals surface area contributed by atoms with Crippen LogP contribution in [0.5, 0.6) is 0 Å². The van der Waals surface area contributed by atoms with Gasteiger partial charge in [0.1, 0.15) is 5.82 Å². The van der Waals surface area contributed by atoms with E-state index in [2.05, 4.69) is 15.7 Å². The van der Waals surface area contributed by atoms with Crippen LogP contribution >= 0.6 is 0 Å². The van der Waals surface area contributed by atoms with Crippen molar-refractivity contribution in [3.8, 4) is 0 Å². The van der Waals surface area contributed by atoms with Gasteiger partial charge in [-0.3, -0.25) is 4.79 Å². The summed E-state index contributed by atoms with van der Waals surface area (Å²) in [5.74, 6) is 5.61. The summed E-state index contributed by atoms with van der Waals surface area (Å²) in [5, 5.41) is 2.91. The number of aromatic nitrogens is 1. The van der Waals surface area contributed by atoms with E-state index < -0.39 is 0 Å². The number of anilines is 3. The Kier molecular flexibility index (Phi) is 4.39. The first kappa shape index (κ1) is 14.8. The molecule has 0 aliphatic heterocycles. The lowest BCUT2D eigenvalue weighted by atomic mass is 10.2. The molecule has 0 spiro atoms. The molecule has 6 heteroatoms. The number of rotatable bonds is 4.